The normalized spacial score (nSPS) is 11.4. The second-order valence-electron chi connectivity index (χ2n) is 3.66. The van der Waals surface area contributed by atoms with Gasteiger partial charge in [0.05, 0.1) is 13.3 Å². The molecule has 0 amide bonds. The Hall–Kier alpha value is -1.01. The molecule has 0 radical (unpaired) electrons. The highest BCUT2D eigenvalue weighted by Gasteiger charge is 1.93. The Balaban J connectivity index is 0.00000324. The van der Waals surface area contributed by atoms with Crippen LogP contribution >= 0.6 is 11.8 Å². The lowest BCUT2D eigenvalue weighted by molar-refractivity contribution is -0.00000414. The van der Waals surface area contributed by atoms with E-state index in [1.54, 1.807) is 13.3 Å². The fourth-order valence-electron chi connectivity index (χ4n) is 1.19. The molecule has 2 N–H and O–H groups in total. The van der Waals surface area contributed by atoms with Gasteiger partial charge in [-0.05, 0) is 36.2 Å². The molecule has 106 valence electrons. The first kappa shape index (κ1) is 18.0. The van der Waals surface area contributed by atoms with Gasteiger partial charge in [-0.15, -0.1) is 5.10 Å². The van der Waals surface area contributed by atoms with E-state index in [4.69, 9.17) is 10.5 Å². The second-order valence-corrected chi connectivity index (χ2v) is 4.77. The minimum absolute atomic E-state index is 0. The van der Waals surface area contributed by atoms with Crippen molar-refractivity contribution >= 4 is 23.1 Å². The van der Waals surface area contributed by atoms with Gasteiger partial charge in [0.1, 0.15) is 5.75 Å². The monoisotopic (exact) mass is 344 g/mol. The summed E-state index contributed by atoms with van der Waals surface area (Å²) in [4.78, 5) is 0. The van der Waals surface area contributed by atoms with Crippen LogP contribution < -0.4 is 27.5 Å². The average Bonchev–Trinajstić information content (AvgIpc) is 2.40. The largest absolute Gasteiger partial charge is 1.00 e. The van der Waals surface area contributed by atoms with Crippen LogP contribution in [0.3, 0.4) is 0 Å². The van der Waals surface area contributed by atoms with Crippen LogP contribution in [0.5, 0.6) is 5.75 Å². The lowest BCUT2D eigenvalue weighted by Crippen LogP contribution is -3.00. The first-order valence-electron chi connectivity index (χ1n) is 5.89. The third kappa shape index (κ3) is 7.89. The zero-order valence-electron chi connectivity index (χ0n) is 11.2. The van der Waals surface area contributed by atoms with Crippen molar-refractivity contribution in [2.45, 2.75) is 19.8 Å². The summed E-state index contributed by atoms with van der Waals surface area (Å²) in [7, 11) is 1.64. The van der Waals surface area contributed by atoms with Gasteiger partial charge in [-0.3, -0.25) is 0 Å². The minimum Gasteiger partial charge on any atom is -1.00 e. The van der Waals surface area contributed by atoms with E-state index in [1.165, 1.54) is 11.8 Å². The first-order valence-corrected chi connectivity index (χ1v) is 6.88. The van der Waals surface area contributed by atoms with Crippen molar-refractivity contribution in [1.82, 2.24) is 0 Å². The number of ether oxygens (including phenoxy) is 1. The van der Waals surface area contributed by atoms with Gasteiger partial charge in [-0.1, -0.05) is 25.1 Å². The molecule has 0 aliphatic rings. The zero-order valence-corrected chi connectivity index (χ0v) is 13.6. The van der Waals surface area contributed by atoms with Crippen LogP contribution in [0.2, 0.25) is 0 Å². The fraction of sp³-hybridized carbons (Fsp3) is 0.385. The number of hydrogen-bond acceptors (Lipinski definition) is 4. The van der Waals surface area contributed by atoms with Crippen LogP contribution in [0, 0.1) is 0 Å². The van der Waals surface area contributed by atoms with Gasteiger partial charge in [0.2, 0.25) is 0 Å². The van der Waals surface area contributed by atoms with Crippen LogP contribution in [-0.2, 0) is 0 Å². The average molecular weight is 345 g/mol. The fourth-order valence-corrected chi connectivity index (χ4v) is 1.94. The molecule has 0 heterocycles. The first-order chi connectivity index (χ1) is 8.76. The van der Waals surface area contributed by atoms with Crippen molar-refractivity contribution in [2.75, 3.05) is 12.9 Å². The third-order valence-electron chi connectivity index (χ3n) is 2.23. The van der Waals surface area contributed by atoms with Gasteiger partial charge in [0, 0.05) is 5.75 Å². The van der Waals surface area contributed by atoms with Crippen LogP contribution in [0.1, 0.15) is 25.3 Å². The topological polar surface area (TPSA) is 60.0 Å². The number of nitrogens with zero attached hydrogens (tertiary/aromatic N) is 2. The highest BCUT2D eigenvalue weighted by molar-refractivity contribution is 8.13. The molecule has 0 saturated carbocycles. The molecular weight excluding hydrogens is 326 g/mol. The lowest BCUT2D eigenvalue weighted by Gasteiger charge is -1.98. The van der Waals surface area contributed by atoms with Crippen molar-refractivity contribution in [3.63, 3.8) is 0 Å². The van der Waals surface area contributed by atoms with Gasteiger partial charge in [-0.25, -0.2) is 0 Å². The van der Waals surface area contributed by atoms with Crippen LogP contribution in [0.15, 0.2) is 34.5 Å². The molecule has 0 unspecified atom stereocenters. The number of nitrogens with two attached hydrogens (primary N) is 1. The minimum atomic E-state index is 0. The van der Waals surface area contributed by atoms with E-state index in [0.717, 1.165) is 29.9 Å². The summed E-state index contributed by atoms with van der Waals surface area (Å²) >= 11 is 1.54. The smallest absolute Gasteiger partial charge is 0.180 e. The van der Waals surface area contributed by atoms with E-state index in [0.29, 0.717) is 5.17 Å². The molecule has 19 heavy (non-hydrogen) atoms. The standard InChI is InChI=1S/C13H19N3OS.BrH/c1-3-4-9-18-13(14)16-15-10-11-5-7-12(17-2)8-6-11;/h5-8,10H,3-4,9H2,1-2H3,(H2,14,16);1H/p-1/b15-10+;. The van der Waals surface area contributed by atoms with Crippen molar-refractivity contribution in [1.29, 1.82) is 0 Å². The summed E-state index contributed by atoms with van der Waals surface area (Å²) in [5.41, 5.74) is 6.67. The number of unbranched alkanes of at least 4 members (excludes halogenated alkanes) is 1. The third-order valence-corrected chi connectivity index (χ3v) is 3.10. The van der Waals surface area contributed by atoms with Gasteiger partial charge in [0.15, 0.2) is 5.17 Å². The van der Waals surface area contributed by atoms with Crippen LogP contribution in [0.4, 0.5) is 0 Å². The molecule has 0 saturated heterocycles. The van der Waals surface area contributed by atoms with Crippen molar-refractivity contribution in [3.05, 3.63) is 29.8 Å². The number of rotatable bonds is 6. The van der Waals surface area contributed by atoms with Gasteiger partial charge in [-0.2, -0.15) is 5.10 Å². The molecule has 6 heteroatoms. The van der Waals surface area contributed by atoms with Crippen molar-refractivity contribution < 1.29 is 21.7 Å². The molecule has 0 aliphatic carbocycles. The Morgan fingerprint density at radius 3 is 2.63 bits per heavy atom. The second kappa shape index (κ2) is 10.9. The zero-order chi connectivity index (χ0) is 13.2. The predicted molar refractivity (Wildman–Crippen MR) is 79.6 cm³/mol. The number of hydrogen-bond donors (Lipinski definition) is 1. The lowest BCUT2D eigenvalue weighted by atomic mass is 10.2. The molecule has 0 aliphatic heterocycles. The number of benzene rings is 1. The van der Waals surface area contributed by atoms with E-state index >= 15 is 0 Å². The molecule has 1 aromatic carbocycles. The molecule has 1 rings (SSSR count). The quantitative estimate of drug-likeness (QED) is 0.339. The predicted octanol–water partition coefficient (Wildman–Crippen LogP) is -0.119. The molecule has 1 aromatic rings. The van der Waals surface area contributed by atoms with E-state index in [2.05, 4.69) is 17.1 Å². The van der Waals surface area contributed by atoms with Gasteiger partial charge >= 0.3 is 0 Å². The van der Waals surface area contributed by atoms with Crippen molar-refractivity contribution in [3.8, 4) is 5.75 Å². The van der Waals surface area contributed by atoms with Crippen LogP contribution in [0.25, 0.3) is 0 Å². The number of thioether (sulfide) groups is 1. The molecule has 0 spiro atoms. The molecular formula is C13H19BrN3OS-. The highest BCUT2D eigenvalue weighted by Crippen LogP contribution is 2.10. The summed E-state index contributed by atoms with van der Waals surface area (Å²) in [5.74, 6) is 1.81. The molecule has 0 atom stereocenters. The molecule has 0 bridgehead atoms. The van der Waals surface area contributed by atoms with E-state index < -0.39 is 0 Å². The van der Waals surface area contributed by atoms with E-state index in [1.807, 2.05) is 24.3 Å². The summed E-state index contributed by atoms with van der Waals surface area (Å²) in [6.07, 6.45) is 3.98. The molecule has 0 fully saturated rings. The highest BCUT2D eigenvalue weighted by atomic mass is 79.9. The molecule has 0 aromatic heterocycles. The maximum absolute atomic E-state index is 5.70. The Labute approximate surface area is 129 Å². The summed E-state index contributed by atoms with van der Waals surface area (Å²) in [5, 5.41) is 8.39. The Kier molecular flexibility index (Phi) is 10.3. The van der Waals surface area contributed by atoms with Gasteiger partial charge < -0.3 is 27.5 Å². The summed E-state index contributed by atoms with van der Waals surface area (Å²) < 4.78 is 5.07. The summed E-state index contributed by atoms with van der Waals surface area (Å²) in [6, 6.07) is 7.59. The maximum Gasteiger partial charge on any atom is 0.180 e. The van der Waals surface area contributed by atoms with E-state index in [9.17, 15) is 0 Å². The SMILES string of the molecule is CCCCS/C(N)=N/N=C/c1ccc(OC)cc1.[Br-]. The van der Waals surface area contributed by atoms with Crippen LogP contribution in [-0.4, -0.2) is 24.2 Å². The Morgan fingerprint density at radius 2 is 2.05 bits per heavy atom. The number of halogens is 1. The van der Waals surface area contributed by atoms with E-state index in [-0.39, 0.29) is 17.0 Å². The number of methoxy groups -OCH3 is 1. The van der Waals surface area contributed by atoms with Crippen molar-refractivity contribution in [2.24, 2.45) is 15.9 Å². The number of amidine groups is 1. The maximum atomic E-state index is 5.70. The Bertz CT molecular complexity index is 407. The molecule has 4 nitrogen and oxygen atoms in total. The van der Waals surface area contributed by atoms with Gasteiger partial charge in [0.25, 0.3) is 0 Å². The Morgan fingerprint density at radius 1 is 1.37 bits per heavy atom. The summed E-state index contributed by atoms with van der Waals surface area (Å²) in [6.45, 7) is 2.15.